The Bertz CT molecular complexity index is 1530. The smallest absolute Gasteiger partial charge is 0.410 e. The standard InChI is InChI=1S/C33H43N5O5/c1-32(2,3)43-31(41)37-16-11-25(27(20-37)24-7-5-4-6-8-24)29(39)35-17-13-33(42,14-18-35)21-38-22-34-28-26(30(38)40)12-15-36(28)19-23-9-10-23/h4-8,12,15,22-23,25,27,42H,9-11,13-14,16-21H2,1-3H3/t25-,27+/m1/s1. The minimum atomic E-state index is -1.11. The maximum atomic E-state index is 13.9. The van der Waals surface area contributed by atoms with Crippen molar-refractivity contribution < 1.29 is 19.4 Å². The van der Waals surface area contributed by atoms with Crippen LogP contribution in [-0.4, -0.2) is 78.4 Å². The van der Waals surface area contributed by atoms with Crippen LogP contribution in [0.4, 0.5) is 4.79 Å². The van der Waals surface area contributed by atoms with Crippen molar-refractivity contribution in [3.63, 3.8) is 0 Å². The summed E-state index contributed by atoms with van der Waals surface area (Å²) in [6.45, 7) is 8.27. The molecule has 1 N–H and O–H groups in total. The lowest BCUT2D eigenvalue weighted by molar-refractivity contribution is -0.142. The molecule has 1 aliphatic carbocycles. The number of carbonyl (C=O) groups is 2. The Balaban J connectivity index is 1.12. The topological polar surface area (TPSA) is 110 Å². The van der Waals surface area contributed by atoms with Crippen molar-refractivity contribution in [3.8, 4) is 0 Å². The molecule has 2 amide bonds. The van der Waals surface area contributed by atoms with Gasteiger partial charge in [-0.3, -0.25) is 14.2 Å². The van der Waals surface area contributed by atoms with Gasteiger partial charge in [-0.2, -0.15) is 0 Å². The van der Waals surface area contributed by atoms with E-state index in [9.17, 15) is 19.5 Å². The third kappa shape index (κ3) is 6.49. The molecule has 6 rings (SSSR count). The lowest BCUT2D eigenvalue weighted by atomic mass is 9.79. The minimum absolute atomic E-state index is 0.0528. The molecule has 1 saturated carbocycles. The van der Waals surface area contributed by atoms with Gasteiger partial charge < -0.3 is 24.2 Å². The third-order valence-corrected chi connectivity index (χ3v) is 9.18. The number of hydrogen-bond donors (Lipinski definition) is 1. The van der Waals surface area contributed by atoms with Crippen LogP contribution < -0.4 is 5.56 Å². The molecule has 0 radical (unpaired) electrons. The van der Waals surface area contributed by atoms with E-state index < -0.39 is 11.2 Å². The van der Waals surface area contributed by atoms with E-state index in [4.69, 9.17) is 4.74 Å². The summed E-state index contributed by atoms with van der Waals surface area (Å²) in [5.41, 5.74) is -0.119. The summed E-state index contributed by atoms with van der Waals surface area (Å²) in [7, 11) is 0. The monoisotopic (exact) mass is 589 g/mol. The molecule has 10 heteroatoms. The second-order valence-corrected chi connectivity index (χ2v) is 13.7. The molecule has 4 heterocycles. The molecule has 2 atom stereocenters. The predicted octanol–water partition coefficient (Wildman–Crippen LogP) is 4.00. The number of benzene rings is 1. The van der Waals surface area contributed by atoms with Gasteiger partial charge in [0, 0.05) is 50.8 Å². The van der Waals surface area contributed by atoms with Crippen molar-refractivity contribution in [3.05, 3.63) is 64.8 Å². The van der Waals surface area contributed by atoms with E-state index in [2.05, 4.69) is 9.55 Å². The van der Waals surface area contributed by atoms with Gasteiger partial charge in [0.15, 0.2) is 0 Å². The van der Waals surface area contributed by atoms with Crippen molar-refractivity contribution in [2.24, 2.45) is 11.8 Å². The fourth-order valence-corrected chi connectivity index (χ4v) is 6.58. The average Bonchev–Trinajstić information content (AvgIpc) is 3.71. The van der Waals surface area contributed by atoms with Gasteiger partial charge in [-0.1, -0.05) is 30.3 Å². The molecule has 3 aromatic rings. The zero-order valence-corrected chi connectivity index (χ0v) is 25.4. The van der Waals surface area contributed by atoms with Gasteiger partial charge in [0.1, 0.15) is 17.6 Å². The molecule has 3 aliphatic rings. The molecule has 2 aliphatic heterocycles. The van der Waals surface area contributed by atoms with E-state index in [0.717, 1.165) is 12.1 Å². The normalized spacial score (nSPS) is 22.5. The summed E-state index contributed by atoms with van der Waals surface area (Å²) in [4.78, 5) is 48.2. The average molecular weight is 590 g/mol. The van der Waals surface area contributed by atoms with Crippen LogP contribution >= 0.6 is 0 Å². The molecule has 0 unspecified atom stereocenters. The number of carbonyl (C=O) groups excluding carboxylic acids is 2. The van der Waals surface area contributed by atoms with Crippen molar-refractivity contribution in [1.82, 2.24) is 23.9 Å². The Morgan fingerprint density at radius 2 is 1.72 bits per heavy atom. The van der Waals surface area contributed by atoms with Gasteiger partial charge in [-0.05, 0) is 70.4 Å². The molecule has 2 saturated heterocycles. The van der Waals surface area contributed by atoms with E-state index in [0.29, 0.717) is 62.4 Å². The molecule has 1 aromatic carbocycles. The molecule has 43 heavy (non-hydrogen) atoms. The largest absolute Gasteiger partial charge is 0.444 e. The molecule has 0 spiro atoms. The summed E-state index contributed by atoms with van der Waals surface area (Å²) >= 11 is 0. The maximum absolute atomic E-state index is 13.9. The highest BCUT2D eigenvalue weighted by molar-refractivity contribution is 5.81. The van der Waals surface area contributed by atoms with Crippen LogP contribution in [-0.2, 0) is 22.6 Å². The van der Waals surface area contributed by atoms with Crippen LogP contribution in [0, 0.1) is 11.8 Å². The number of aliphatic hydroxyl groups is 1. The fourth-order valence-electron chi connectivity index (χ4n) is 6.58. The first-order valence-corrected chi connectivity index (χ1v) is 15.6. The lowest BCUT2D eigenvalue weighted by Gasteiger charge is -2.43. The maximum Gasteiger partial charge on any atom is 0.410 e. The molecule has 10 nitrogen and oxygen atoms in total. The van der Waals surface area contributed by atoms with Crippen LogP contribution in [0.3, 0.4) is 0 Å². The minimum Gasteiger partial charge on any atom is -0.444 e. The van der Waals surface area contributed by atoms with Crippen molar-refractivity contribution in [2.45, 2.75) is 83.1 Å². The summed E-state index contributed by atoms with van der Waals surface area (Å²) < 4.78 is 9.20. The summed E-state index contributed by atoms with van der Waals surface area (Å²) in [5.74, 6) is 0.298. The molecule has 0 bridgehead atoms. The number of fused-ring (bicyclic) bond motifs is 1. The van der Waals surface area contributed by atoms with Crippen molar-refractivity contribution in [1.29, 1.82) is 0 Å². The first-order chi connectivity index (χ1) is 20.5. The number of piperidine rings is 2. The van der Waals surface area contributed by atoms with Gasteiger partial charge >= 0.3 is 6.09 Å². The molecular formula is C33H43N5O5. The van der Waals surface area contributed by atoms with E-state index >= 15 is 0 Å². The van der Waals surface area contributed by atoms with E-state index in [1.54, 1.807) is 11.2 Å². The third-order valence-electron chi connectivity index (χ3n) is 9.18. The van der Waals surface area contributed by atoms with Crippen LogP contribution in [0.2, 0.25) is 0 Å². The first-order valence-electron chi connectivity index (χ1n) is 15.6. The number of nitrogens with zero attached hydrogens (tertiary/aromatic N) is 5. The van der Waals surface area contributed by atoms with Crippen molar-refractivity contribution >= 4 is 23.0 Å². The number of likely N-dealkylation sites (tertiary alicyclic amines) is 2. The molecular weight excluding hydrogens is 546 g/mol. The Kier molecular flexibility index (Phi) is 7.83. The number of ether oxygens (including phenoxy) is 1. The fraction of sp³-hybridized carbons (Fsp3) is 0.576. The van der Waals surface area contributed by atoms with Gasteiger partial charge in [0.05, 0.1) is 17.5 Å². The van der Waals surface area contributed by atoms with E-state index in [-0.39, 0.29) is 35.9 Å². The second kappa shape index (κ2) is 11.4. The van der Waals surface area contributed by atoms with Crippen LogP contribution in [0.5, 0.6) is 0 Å². The Morgan fingerprint density at radius 3 is 2.40 bits per heavy atom. The van der Waals surface area contributed by atoms with Crippen molar-refractivity contribution in [2.75, 3.05) is 26.2 Å². The molecule has 3 fully saturated rings. The number of hydrogen-bond acceptors (Lipinski definition) is 6. The van der Waals surface area contributed by atoms with Crippen LogP contribution in [0.25, 0.3) is 11.0 Å². The highest BCUT2D eigenvalue weighted by atomic mass is 16.6. The number of rotatable bonds is 6. The molecule has 230 valence electrons. The zero-order valence-electron chi connectivity index (χ0n) is 25.4. The van der Waals surface area contributed by atoms with E-state index in [1.807, 2.05) is 68.3 Å². The van der Waals surface area contributed by atoms with Gasteiger partial charge in [0.25, 0.3) is 5.56 Å². The highest BCUT2D eigenvalue weighted by Gasteiger charge is 2.42. The van der Waals surface area contributed by atoms with E-state index in [1.165, 1.54) is 17.4 Å². The lowest BCUT2D eigenvalue weighted by Crippen LogP contribution is -2.53. The Morgan fingerprint density at radius 1 is 1.00 bits per heavy atom. The number of amides is 2. The first kappa shape index (κ1) is 29.4. The van der Waals surface area contributed by atoms with Gasteiger partial charge in [0.2, 0.25) is 5.91 Å². The summed E-state index contributed by atoms with van der Waals surface area (Å²) in [6.07, 6.45) is 6.86. The highest BCUT2D eigenvalue weighted by Crippen LogP contribution is 2.36. The summed E-state index contributed by atoms with van der Waals surface area (Å²) in [5, 5.41) is 12.1. The number of aromatic nitrogens is 3. The summed E-state index contributed by atoms with van der Waals surface area (Å²) in [6, 6.07) is 11.7. The quantitative estimate of drug-likeness (QED) is 0.466. The Hall–Kier alpha value is -3.66. The molecule has 2 aromatic heterocycles. The second-order valence-electron chi connectivity index (χ2n) is 13.7. The van der Waals surface area contributed by atoms with Gasteiger partial charge in [-0.15, -0.1) is 0 Å². The van der Waals surface area contributed by atoms with Gasteiger partial charge in [-0.25, -0.2) is 9.78 Å². The Labute approximate surface area is 252 Å². The van der Waals surface area contributed by atoms with Crippen LogP contribution in [0.15, 0.2) is 53.7 Å². The SMILES string of the molecule is CC(C)(C)OC(=O)N1CC[C@@H](C(=O)N2CCC(O)(Cn3cnc4c(ccn4CC4CC4)c3=O)CC2)[C@H](c2ccccc2)C1. The van der Waals surface area contributed by atoms with Crippen LogP contribution in [0.1, 0.15) is 64.4 Å². The predicted molar refractivity (Wildman–Crippen MR) is 163 cm³/mol. The zero-order chi connectivity index (χ0) is 30.4.